The van der Waals surface area contributed by atoms with Gasteiger partial charge in [0.25, 0.3) is 0 Å². The molecule has 0 unspecified atom stereocenters. The summed E-state index contributed by atoms with van der Waals surface area (Å²) in [5.41, 5.74) is 4.71. The topological polar surface area (TPSA) is 109 Å². The van der Waals surface area contributed by atoms with E-state index in [2.05, 4.69) is 15.6 Å². The summed E-state index contributed by atoms with van der Waals surface area (Å²) < 4.78 is 5.26. The standard InChI is InChI=1S/C16H31N5O3.HI/c1-5-18-15(19-10-14(23)24-16(2,3)4)20-12-6-8-21(9-7-12)11-13(17)22;/h12H,5-11H2,1-4H3,(H2,17,22)(H2,18,19,20);1H. The van der Waals surface area contributed by atoms with Gasteiger partial charge in [0.1, 0.15) is 12.1 Å². The van der Waals surface area contributed by atoms with Crippen molar-refractivity contribution in [2.75, 3.05) is 32.7 Å². The Bertz CT molecular complexity index is 457. The molecule has 1 heterocycles. The van der Waals surface area contributed by atoms with Gasteiger partial charge in [-0.1, -0.05) is 0 Å². The first-order valence-corrected chi connectivity index (χ1v) is 8.47. The van der Waals surface area contributed by atoms with Crippen molar-refractivity contribution in [1.82, 2.24) is 15.5 Å². The summed E-state index contributed by atoms with van der Waals surface area (Å²) in [5.74, 6) is -0.0404. The van der Waals surface area contributed by atoms with Crippen molar-refractivity contribution in [1.29, 1.82) is 0 Å². The van der Waals surface area contributed by atoms with Crippen molar-refractivity contribution in [3.8, 4) is 0 Å². The minimum Gasteiger partial charge on any atom is -0.459 e. The van der Waals surface area contributed by atoms with E-state index >= 15 is 0 Å². The Morgan fingerprint density at radius 3 is 2.36 bits per heavy atom. The van der Waals surface area contributed by atoms with E-state index in [4.69, 9.17) is 10.5 Å². The van der Waals surface area contributed by atoms with Crippen LogP contribution in [0.2, 0.25) is 0 Å². The maximum absolute atomic E-state index is 11.8. The molecule has 0 bridgehead atoms. The number of hydrogen-bond donors (Lipinski definition) is 3. The van der Waals surface area contributed by atoms with Gasteiger partial charge in [0, 0.05) is 25.7 Å². The number of carbonyl (C=O) groups is 2. The molecule has 0 aliphatic carbocycles. The second-order valence-electron chi connectivity index (χ2n) is 6.94. The minimum absolute atomic E-state index is 0. The Kier molecular flexibility index (Phi) is 11.0. The molecule has 9 heteroatoms. The van der Waals surface area contributed by atoms with E-state index in [0.29, 0.717) is 19.0 Å². The summed E-state index contributed by atoms with van der Waals surface area (Å²) in [4.78, 5) is 29.1. The van der Waals surface area contributed by atoms with E-state index in [9.17, 15) is 9.59 Å². The van der Waals surface area contributed by atoms with Crippen molar-refractivity contribution in [3.63, 3.8) is 0 Å². The Morgan fingerprint density at radius 2 is 1.88 bits per heavy atom. The van der Waals surface area contributed by atoms with Crippen LogP contribution in [0.15, 0.2) is 4.99 Å². The highest BCUT2D eigenvalue weighted by atomic mass is 127. The smallest absolute Gasteiger partial charge is 0.328 e. The van der Waals surface area contributed by atoms with Crippen LogP contribution < -0.4 is 16.4 Å². The predicted octanol–water partition coefficient (Wildman–Crippen LogP) is 0.451. The number of likely N-dealkylation sites (tertiary alicyclic amines) is 1. The molecule has 1 fully saturated rings. The number of primary amides is 1. The van der Waals surface area contributed by atoms with E-state index < -0.39 is 5.60 Å². The summed E-state index contributed by atoms with van der Waals surface area (Å²) in [6.45, 7) is 10.1. The summed E-state index contributed by atoms with van der Waals surface area (Å²) >= 11 is 0. The molecule has 8 nitrogen and oxygen atoms in total. The minimum atomic E-state index is -0.508. The molecule has 146 valence electrons. The second kappa shape index (κ2) is 11.5. The lowest BCUT2D eigenvalue weighted by molar-refractivity contribution is -0.152. The van der Waals surface area contributed by atoms with Gasteiger partial charge in [-0.2, -0.15) is 0 Å². The first-order valence-electron chi connectivity index (χ1n) is 8.47. The van der Waals surface area contributed by atoms with Crippen LogP contribution in [0.4, 0.5) is 0 Å². The molecule has 1 aliphatic rings. The molecule has 0 aromatic heterocycles. The Labute approximate surface area is 167 Å². The van der Waals surface area contributed by atoms with Gasteiger partial charge in [-0.25, -0.2) is 4.99 Å². The third-order valence-electron chi connectivity index (χ3n) is 3.44. The van der Waals surface area contributed by atoms with E-state index in [-0.39, 0.29) is 48.4 Å². The number of ether oxygens (including phenoxy) is 1. The van der Waals surface area contributed by atoms with Crippen LogP contribution in [0.1, 0.15) is 40.5 Å². The van der Waals surface area contributed by atoms with Crippen molar-refractivity contribution < 1.29 is 14.3 Å². The molecule has 1 aliphatic heterocycles. The number of esters is 1. The van der Waals surface area contributed by atoms with E-state index in [1.54, 1.807) is 0 Å². The zero-order chi connectivity index (χ0) is 18.2. The largest absolute Gasteiger partial charge is 0.459 e. The van der Waals surface area contributed by atoms with Gasteiger partial charge >= 0.3 is 5.97 Å². The molecule has 0 atom stereocenters. The first-order chi connectivity index (χ1) is 11.2. The van der Waals surface area contributed by atoms with Gasteiger partial charge in [-0.15, -0.1) is 24.0 Å². The lowest BCUT2D eigenvalue weighted by Crippen LogP contribution is -2.50. The number of halogens is 1. The number of piperidine rings is 1. The molecule has 0 saturated carbocycles. The van der Waals surface area contributed by atoms with Gasteiger partial charge < -0.3 is 21.1 Å². The molecule has 1 amide bonds. The van der Waals surface area contributed by atoms with Crippen LogP contribution in [-0.4, -0.2) is 67.1 Å². The number of nitrogens with one attached hydrogen (secondary N) is 2. The van der Waals surface area contributed by atoms with Crippen molar-refractivity contribution in [2.24, 2.45) is 10.7 Å². The van der Waals surface area contributed by atoms with Crippen molar-refractivity contribution in [3.05, 3.63) is 0 Å². The number of nitrogens with two attached hydrogens (primary N) is 1. The average Bonchev–Trinajstić information content (AvgIpc) is 2.44. The first kappa shape index (κ1) is 23.9. The molecule has 0 radical (unpaired) electrons. The van der Waals surface area contributed by atoms with Gasteiger partial charge in [-0.3, -0.25) is 14.5 Å². The molecular weight excluding hydrogens is 437 g/mol. The van der Waals surface area contributed by atoms with Gasteiger partial charge in [0.2, 0.25) is 5.91 Å². The number of nitrogens with zero attached hydrogens (tertiary/aromatic N) is 2. The fourth-order valence-electron chi connectivity index (χ4n) is 2.49. The normalized spacial score (nSPS) is 16.7. The third kappa shape index (κ3) is 11.2. The summed E-state index contributed by atoms with van der Waals surface area (Å²) in [6.07, 6.45) is 1.79. The molecule has 4 N–H and O–H groups in total. The number of carbonyl (C=O) groups excluding carboxylic acids is 2. The SMILES string of the molecule is CCNC(=NCC(=O)OC(C)(C)C)NC1CCN(CC(N)=O)CC1.I. The zero-order valence-corrected chi connectivity index (χ0v) is 18.0. The molecule has 0 spiro atoms. The third-order valence-corrected chi connectivity index (χ3v) is 3.44. The summed E-state index contributed by atoms with van der Waals surface area (Å²) in [6, 6.07) is 0.255. The number of aliphatic imine (C=N–C) groups is 1. The van der Waals surface area contributed by atoms with Gasteiger partial charge in [0.05, 0.1) is 6.54 Å². The van der Waals surface area contributed by atoms with Crippen LogP contribution in [0.3, 0.4) is 0 Å². The van der Waals surface area contributed by atoms with E-state index in [1.165, 1.54) is 0 Å². The predicted molar refractivity (Wildman–Crippen MR) is 109 cm³/mol. The summed E-state index contributed by atoms with van der Waals surface area (Å²) in [7, 11) is 0. The fourth-order valence-corrected chi connectivity index (χ4v) is 2.49. The second-order valence-corrected chi connectivity index (χ2v) is 6.94. The molecule has 0 aromatic rings. The highest BCUT2D eigenvalue weighted by Crippen LogP contribution is 2.10. The molecule has 0 aromatic carbocycles. The number of amides is 1. The van der Waals surface area contributed by atoms with Gasteiger partial charge in [0.15, 0.2) is 5.96 Å². The Hall–Kier alpha value is -1.10. The molecule has 25 heavy (non-hydrogen) atoms. The zero-order valence-electron chi connectivity index (χ0n) is 15.6. The highest BCUT2D eigenvalue weighted by molar-refractivity contribution is 14.0. The van der Waals surface area contributed by atoms with Crippen LogP contribution >= 0.6 is 24.0 Å². The number of guanidine groups is 1. The van der Waals surface area contributed by atoms with Crippen molar-refractivity contribution in [2.45, 2.75) is 52.2 Å². The monoisotopic (exact) mass is 469 g/mol. The van der Waals surface area contributed by atoms with Crippen LogP contribution in [-0.2, 0) is 14.3 Å². The quantitative estimate of drug-likeness (QED) is 0.226. The fraction of sp³-hybridized carbons (Fsp3) is 0.812. The Balaban J connectivity index is 0.00000576. The maximum atomic E-state index is 11.8. The lowest BCUT2D eigenvalue weighted by Gasteiger charge is -2.32. The van der Waals surface area contributed by atoms with E-state index in [0.717, 1.165) is 25.9 Å². The maximum Gasteiger partial charge on any atom is 0.328 e. The molecular formula is C16H32IN5O3. The van der Waals surface area contributed by atoms with Gasteiger partial charge in [-0.05, 0) is 40.5 Å². The van der Waals surface area contributed by atoms with Crippen LogP contribution in [0.25, 0.3) is 0 Å². The molecule has 1 saturated heterocycles. The number of rotatable bonds is 6. The van der Waals surface area contributed by atoms with E-state index in [1.807, 2.05) is 32.6 Å². The number of hydrogen-bond acceptors (Lipinski definition) is 5. The van der Waals surface area contributed by atoms with Crippen molar-refractivity contribution >= 4 is 41.8 Å². The molecule has 1 rings (SSSR count). The average molecular weight is 469 g/mol. The van der Waals surface area contributed by atoms with Crippen LogP contribution in [0, 0.1) is 0 Å². The lowest BCUT2D eigenvalue weighted by atomic mass is 10.1. The highest BCUT2D eigenvalue weighted by Gasteiger charge is 2.21. The van der Waals surface area contributed by atoms with Crippen LogP contribution in [0.5, 0.6) is 0 Å². The Morgan fingerprint density at radius 1 is 1.28 bits per heavy atom. The summed E-state index contributed by atoms with van der Waals surface area (Å²) in [5, 5.41) is 6.47.